The molecule has 0 aliphatic carbocycles. The van der Waals surface area contributed by atoms with Crippen molar-refractivity contribution in [3.63, 3.8) is 0 Å². The Labute approximate surface area is 58.9 Å². The molecule has 3 N–H and O–H groups in total. The first-order valence-corrected chi connectivity index (χ1v) is 2.99. The summed E-state index contributed by atoms with van der Waals surface area (Å²) >= 11 is 0. The topological polar surface area (TPSA) is 38.0 Å². The van der Waals surface area contributed by atoms with Crippen LogP contribution in [0, 0.1) is 0 Å². The van der Waals surface area contributed by atoms with Crippen molar-refractivity contribution in [2.75, 3.05) is 17.8 Å². The monoisotopic (exact) mass is 140 g/mol. The fourth-order valence-corrected chi connectivity index (χ4v) is 0.730. The van der Waals surface area contributed by atoms with E-state index in [4.69, 9.17) is 5.73 Å². The number of alkyl halides is 1. The Morgan fingerprint density at radius 3 is 2.70 bits per heavy atom. The molecule has 10 heavy (non-hydrogen) atoms. The van der Waals surface area contributed by atoms with E-state index in [1.54, 1.807) is 24.3 Å². The second-order valence-corrected chi connectivity index (χ2v) is 1.90. The van der Waals surface area contributed by atoms with E-state index in [2.05, 4.69) is 5.32 Å². The Hall–Kier alpha value is -1.25. The molecule has 1 aromatic carbocycles. The molecule has 0 saturated heterocycles. The summed E-state index contributed by atoms with van der Waals surface area (Å²) in [6, 6.07) is 7.06. The maximum Gasteiger partial charge on any atom is 0.159 e. The fraction of sp³-hybridized carbons (Fsp3) is 0.143. The highest BCUT2D eigenvalue weighted by Crippen LogP contribution is 2.15. The lowest BCUT2D eigenvalue weighted by Gasteiger charge is -2.03. The first-order chi connectivity index (χ1) is 4.84. The molecule has 0 radical (unpaired) electrons. The number of rotatable bonds is 2. The van der Waals surface area contributed by atoms with Crippen LogP contribution in [0.3, 0.4) is 0 Å². The highest BCUT2D eigenvalue weighted by atomic mass is 19.1. The van der Waals surface area contributed by atoms with E-state index >= 15 is 0 Å². The van der Waals surface area contributed by atoms with Crippen molar-refractivity contribution >= 4 is 11.4 Å². The summed E-state index contributed by atoms with van der Waals surface area (Å²) in [4.78, 5) is 0. The number of nitrogens with one attached hydrogen (secondary N) is 1. The third-order valence-electron chi connectivity index (χ3n) is 1.22. The normalized spacial score (nSPS) is 9.30. The van der Waals surface area contributed by atoms with E-state index in [-0.39, 0.29) is 0 Å². The zero-order valence-electron chi connectivity index (χ0n) is 5.47. The predicted octanol–water partition coefficient (Wildman–Crippen LogP) is 1.61. The van der Waals surface area contributed by atoms with Crippen molar-refractivity contribution in [2.45, 2.75) is 0 Å². The van der Waals surface area contributed by atoms with Gasteiger partial charge in [-0.05, 0) is 12.1 Å². The van der Waals surface area contributed by atoms with Gasteiger partial charge in [-0.25, -0.2) is 4.39 Å². The van der Waals surface area contributed by atoms with E-state index in [0.717, 1.165) is 0 Å². The van der Waals surface area contributed by atoms with Crippen molar-refractivity contribution < 1.29 is 4.39 Å². The maximum atomic E-state index is 11.7. The van der Waals surface area contributed by atoms with Gasteiger partial charge in [-0.3, -0.25) is 0 Å². The van der Waals surface area contributed by atoms with E-state index < -0.39 is 6.80 Å². The Balaban J connectivity index is 2.81. The van der Waals surface area contributed by atoms with Gasteiger partial charge < -0.3 is 11.1 Å². The highest BCUT2D eigenvalue weighted by molar-refractivity contribution is 5.65. The van der Waals surface area contributed by atoms with E-state index in [0.29, 0.717) is 11.4 Å². The van der Waals surface area contributed by atoms with E-state index in [9.17, 15) is 4.39 Å². The van der Waals surface area contributed by atoms with Crippen molar-refractivity contribution in [3.05, 3.63) is 24.3 Å². The van der Waals surface area contributed by atoms with Crippen LogP contribution in [0.1, 0.15) is 0 Å². The summed E-state index contributed by atoms with van der Waals surface area (Å²) < 4.78 is 11.7. The predicted molar refractivity (Wildman–Crippen MR) is 40.5 cm³/mol. The Morgan fingerprint density at radius 2 is 2.10 bits per heavy atom. The quantitative estimate of drug-likeness (QED) is 0.483. The molecule has 1 rings (SSSR count). The zero-order chi connectivity index (χ0) is 7.40. The van der Waals surface area contributed by atoms with Crippen LogP contribution in [0.2, 0.25) is 0 Å². The van der Waals surface area contributed by atoms with Gasteiger partial charge in [-0.1, -0.05) is 12.1 Å². The summed E-state index contributed by atoms with van der Waals surface area (Å²) in [6.45, 7) is -0.589. The number of nitrogen functional groups attached to an aromatic ring is 1. The summed E-state index contributed by atoms with van der Waals surface area (Å²) in [5.41, 5.74) is 6.69. The molecule has 0 amide bonds. The van der Waals surface area contributed by atoms with Crippen molar-refractivity contribution in [1.82, 2.24) is 0 Å². The Morgan fingerprint density at radius 1 is 1.40 bits per heavy atom. The average Bonchev–Trinajstić information content (AvgIpc) is 1.94. The smallest absolute Gasteiger partial charge is 0.159 e. The van der Waals surface area contributed by atoms with Crippen LogP contribution in [0.25, 0.3) is 0 Å². The van der Waals surface area contributed by atoms with Crippen LogP contribution < -0.4 is 11.1 Å². The van der Waals surface area contributed by atoms with Crippen LogP contribution in [0.15, 0.2) is 24.3 Å². The third-order valence-corrected chi connectivity index (χ3v) is 1.22. The van der Waals surface area contributed by atoms with E-state index in [1.165, 1.54) is 0 Å². The van der Waals surface area contributed by atoms with Crippen LogP contribution in [-0.2, 0) is 0 Å². The Bertz CT molecular complexity index is 213. The molecule has 0 aliphatic heterocycles. The van der Waals surface area contributed by atoms with Gasteiger partial charge >= 0.3 is 0 Å². The van der Waals surface area contributed by atoms with Crippen LogP contribution in [0.4, 0.5) is 15.8 Å². The van der Waals surface area contributed by atoms with Crippen LogP contribution >= 0.6 is 0 Å². The number of para-hydroxylation sites is 2. The van der Waals surface area contributed by atoms with Gasteiger partial charge in [-0.15, -0.1) is 0 Å². The molecule has 0 atom stereocenters. The lowest BCUT2D eigenvalue weighted by Crippen LogP contribution is -1.98. The van der Waals surface area contributed by atoms with Gasteiger partial charge in [0.05, 0.1) is 11.4 Å². The maximum absolute atomic E-state index is 11.7. The van der Waals surface area contributed by atoms with Crippen LogP contribution in [-0.4, -0.2) is 6.80 Å². The van der Waals surface area contributed by atoms with Crippen molar-refractivity contribution in [2.24, 2.45) is 0 Å². The van der Waals surface area contributed by atoms with E-state index in [1.807, 2.05) is 0 Å². The molecule has 0 aliphatic rings. The zero-order valence-corrected chi connectivity index (χ0v) is 5.47. The Kier molecular flexibility index (Phi) is 2.10. The molecular formula is C7H9FN2. The van der Waals surface area contributed by atoms with Gasteiger partial charge in [-0.2, -0.15) is 0 Å². The number of halogens is 1. The number of benzene rings is 1. The minimum Gasteiger partial charge on any atom is -0.397 e. The molecule has 0 spiro atoms. The molecule has 0 fully saturated rings. The standard InChI is InChI=1S/C7H9FN2/c8-5-10-7-4-2-1-3-6(7)9/h1-4,10H,5,9H2. The summed E-state index contributed by atoms with van der Waals surface area (Å²) in [7, 11) is 0. The molecule has 0 aromatic heterocycles. The van der Waals surface area contributed by atoms with Gasteiger partial charge in [0.15, 0.2) is 6.80 Å². The summed E-state index contributed by atoms with van der Waals surface area (Å²) in [5, 5.41) is 2.48. The molecule has 0 heterocycles. The molecule has 2 nitrogen and oxygen atoms in total. The third kappa shape index (κ3) is 1.37. The number of hydrogen-bond donors (Lipinski definition) is 2. The molecule has 0 bridgehead atoms. The first-order valence-electron chi connectivity index (χ1n) is 2.99. The SMILES string of the molecule is Nc1ccccc1NCF. The summed E-state index contributed by atoms with van der Waals surface area (Å²) in [5.74, 6) is 0. The molecule has 0 unspecified atom stereocenters. The minimum absolute atomic E-state index is 0.570. The molecule has 0 saturated carbocycles. The van der Waals surface area contributed by atoms with Gasteiger partial charge in [0.25, 0.3) is 0 Å². The molecule has 54 valence electrons. The largest absolute Gasteiger partial charge is 0.397 e. The van der Waals surface area contributed by atoms with Gasteiger partial charge in [0.1, 0.15) is 0 Å². The lowest BCUT2D eigenvalue weighted by molar-refractivity contribution is 0.536. The first kappa shape index (κ1) is 6.86. The van der Waals surface area contributed by atoms with Crippen molar-refractivity contribution in [3.8, 4) is 0 Å². The summed E-state index contributed by atoms with van der Waals surface area (Å²) in [6.07, 6.45) is 0. The van der Waals surface area contributed by atoms with Gasteiger partial charge in [0.2, 0.25) is 0 Å². The number of anilines is 2. The van der Waals surface area contributed by atoms with Crippen molar-refractivity contribution in [1.29, 1.82) is 0 Å². The highest BCUT2D eigenvalue weighted by Gasteiger charge is 1.92. The fourth-order valence-electron chi connectivity index (χ4n) is 0.730. The number of nitrogens with two attached hydrogens (primary N) is 1. The second kappa shape index (κ2) is 3.06. The lowest BCUT2D eigenvalue weighted by atomic mass is 10.3. The average molecular weight is 140 g/mol. The molecular weight excluding hydrogens is 131 g/mol. The number of hydrogen-bond acceptors (Lipinski definition) is 2. The minimum atomic E-state index is -0.589. The second-order valence-electron chi connectivity index (χ2n) is 1.90. The van der Waals surface area contributed by atoms with Crippen LogP contribution in [0.5, 0.6) is 0 Å². The molecule has 3 heteroatoms. The molecule has 1 aromatic rings. The van der Waals surface area contributed by atoms with Gasteiger partial charge in [0, 0.05) is 0 Å².